The molecule has 0 bridgehead atoms. The summed E-state index contributed by atoms with van der Waals surface area (Å²) in [4.78, 5) is 8.45. The molecule has 0 aliphatic carbocycles. The number of alkyl halides is 3. The maximum absolute atomic E-state index is 12.6. The minimum Gasteiger partial charge on any atom is -0.357 e. The third-order valence-corrected chi connectivity index (χ3v) is 4.12. The highest BCUT2D eigenvalue weighted by molar-refractivity contribution is 14.0. The van der Waals surface area contributed by atoms with Gasteiger partial charge < -0.3 is 10.6 Å². The van der Waals surface area contributed by atoms with E-state index in [1.165, 1.54) is 18.5 Å². The number of guanidine groups is 1. The number of benzene rings is 2. The van der Waals surface area contributed by atoms with Crippen LogP contribution in [0.1, 0.15) is 23.6 Å². The molecule has 0 unspecified atom stereocenters. The molecule has 0 spiro atoms. The summed E-state index contributed by atoms with van der Waals surface area (Å²) in [5, 5.41) is 10.3. The van der Waals surface area contributed by atoms with E-state index in [-0.39, 0.29) is 24.0 Å². The molecule has 0 saturated carbocycles. The molecule has 0 saturated heterocycles. The van der Waals surface area contributed by atoms with Gasteiger partial charge in [0.2, 0.25) is 0 Å². The summed E-state index contributed by atoms with van der Waals surface area (Å²) in [6.45, 7) is 3.45. The number of aliphatic imine (C=N–C) groups is 1. The van der Waals surface area contributed by atoms with Gasteiger partial charge in [0.15, 0.2) is 5.96 Å². The Bertz CT molecular complexity index is 923. The molecular formula is C20H22F3IN6. The number of rotatable bonds is 6. The zero-order valence-electron chi connectivity index (χ0n) is 16.2. The summed E-state index contributed by atoms with van der Waals surface area (Å²) < 4.78 is 39.6. The molecule has 0 fully saturated rings. The largest absolute Gasteiger partial charge is 0.416 e. The summed E-state index contributed by atoms with van der Waals surface area (Å²) in [6, 6.07) is 12.9. The van der Waals surface area contributed by atoms with E-state index >= 15 is 0 Å². The fraction of sp³-hybridized carbons (Fsp3) is 0.250. The van der Waals surface area contributed by atoms with E-state index in [9.17, 15) is 13.2 Å². The van der Waals surface area contributed by atoms with E-state index in [2.05, 4.69) is 25.7 Å². The van der Waals surface area contributed by atoms with E-state index in [0.29, 0.717) is 25.6 Å². The van der Waals surface area contributed by atoms with Crippen molar-refractivity contribution in [2.75, 3.05) is 6.54 Å². The average molecular weight is 530 g/mol. The Hall–Kier alpha value is -2.63. The third kappa shape index (κ3) is 6.71. The highest BCUT2D eigenvalue weighted by atomic mass is 127. The Balaban J connectivity index is 0.00000320. The van der Waals surface area contributed by atoms with Gasteiger partial charge in [-0.1, -0.05) is 24.3 Å². The Morgan fingerprint density at radius 3 is 2.23 bits per heavy atom. The van der Waals surface area contributed by atoms with E-state index in [1.54, 1.807) is 11.0 Å². The van der Waals surface area contributed by atoms with Crippen LogP contribution in [0.15, 0.2) is 66.2 Å². The second kappa shape index (κ2) is 11.0. The molecule has 10 heteroatoms. The molecule has 1 aromatic heterocycles. The maximum atomic E-state index is 12.6. The van der Waals surface area contributed by atoms with Gasteiger partial charge in [-0.25, -0.2) is 14.7 Å². The number of hydrogen-bond acceptors (Lipinski definition) is 3. The number of nitrogens with one attached hydrogen (secondary N) is 2. The highest BCUT2D eigenvalue weighted by Crippen LogP contribution is 2.29. The topological polar surface area (TPSA) is 67.1 Å². The lowest BCUT2D eigenvalue weighted by molar-refractivity contribution is -0.137. The monoisotopic (exact) mass is 530 g/mol. The van der Waals surface area contributed by atoms with Gasteiger partial charge in [0.1, 0.15) is 12.7 Å². The fourth-order valence-corrected chi connectivity index (χ4v) is 2.61. The zero-order chi connectivity index (χ0) is 20.7. The molecule has 30 heavy (non-hydrogen) atoms. The number of hydrogen-bond donors (Lipinski definition) is 2. The summed E-state index contributed by atoms with van der Waals surface area (Å²) in [5.74, 6) is 0.591. The summed E-state index contributed by atoms with van der Waals surface area (Å²) >= 11 is 0. The summed E-state index contributed by atoms with van der Waals surface area (Å²) in [5.41, 5.74) is 2.00. The fourth-order valence-electron chi connectivity index (χ4n) is 2.61. The molecule has 0 amide bonds. The van der Waals surface area contributed by atoms with Gasteiger partial charge in [-0.3, -0.25) is 0 Å². The van der Waals surface area contributed by atoms with Crippen LogP contribution in [0.4, 0.5) is 13.2 Å². The normalized spacial score (nSPS) is 11.7. The van der Waals surface area contributed by atoms with Gasteiger partial charge in [-0.2, -0.15) is 18.3 Å². The van der Waals surface area contributed by atoms with Gasteiger partial charge in [0.05, 0.1) is 17.8 Å². The first-order chi connectivity index (χ1) is 14.0. The van der Waals surface area contributed by atoms with Crippen molar-refractivity contribution in [3.63, 3.8) is 0 Å². The number of nitrogens with zero attached hydrogens (tertiary/aromatic N) is 4. The van der Waals surface area contributed by atoms with Crippen molar-refractivity contribution in [1.82, 2.24) is 25.4 Å². The predicted molar refractivity (Wildman–Crippen MR) is 120 cm³/mol. The average Bonchev–Trinajstić information content (AvgIpc) is 3.25. The van der Waals surface area contributed by atoms with Crippen molar-refractivity contribution in [3.8, 4) is 5.69 Å². The first kappa shape index (κ1) is 23.6. The molecule has 0 radical (unpaired) electrons. The van der Waals surface area contributed by atoms with Crippen LogP contribution < -0.4 is 10.6 Å². The van der Waals surface area contributed by atoms with E-state index < -0.39 is 11.7 Å². The lowest BCUT2D eigenvalue weighted by Crippen LogP contribution is -2.36. The van der Waals surface area contributed by atoms with Gasteiger partial charge in [-0.05, 0) is 42.3 Å². The minimum absolute atomic E-state index is 0. The lowest BCUT2D eigenvalue weighted by Gasteiger charge is -2.12. The molecule has 0 aliphatic rings. The third-order valence-electron chi connectivity index (χ3n) is 4.12. The maximum Gasteiger partial charge on any atom is 0.416 e. The standard InChI is InChI=1S/C20H21F3N6.HI/c1-2-25-19(26-11-15-3-7-17(8-4-15)20(21,22)23)27-12-16-5-9-18(10-6-16)29-14-24-13-28-29;/h3-10,13-14H,2,11-12H2,1H3,(H2,25,26,27);1H. The van der Waals surface area contributed by atoms with Gasteiger partial charge in [0, 0.05) is 13.1 Å². The molecule has 0 atom stereocenters. The Kier molecular flexibility index (Phi) is 8.63. The Morgan fingerprint density at radius 1 is 1.00 bits per heavy atom. The molecule has 6 nitrogen and oxygen atoms in total. The Morgan fingerprint density at radius 2 is 1.67 bits per heavy atom. The summed E-state index contributed by atoms with van der Waals surface area (Å²) in [7, 11) is 0. The molecule has 0 aliphatic heterocycles. The lowest BCUT2D eigenvalue weighted by atomic mass is 10.1. The molecule has 2 aromatic carbocycles. The molecule has 2 N–H and O–H groups in total. The molecule has 3 aromatic rings. The Labute approximate surface area is 189 Å². The van der Waals surface area contributed by atoms with Crippen molar-refractivity contribution >= 4 is 29.9 Å². The molecule has 1 heterocycles. The van der Waals surface area contributed by atoms with Crippen LogP contribution in [0.3, 0.4) is 0 Å². The SMILES string of the molecule is CCNC(=NCc1ccc(-n2cncn2)cc1)NCc1ccc(C(F)(F)F)cc1.I. The van der Waals surface area contributed by atoms with Crippen molar-refractivity contribution in [1.29, 1.82) is 0 Å². The second-order valence-corrected chi connectivity index (χ2v) is 6.25. The smallest absolute Gasteiger partial charge is 0.357 e. The number of halogens is 4. The van der Waals surface area contributed by atoms with Crippen LogP contribution in [0, 0.1) is 0 Å². The van der Waals surface area contributed by atoms with E-state index in [1.807, 2.05) is 31.2 Å². The summed E-state index contributed by atoms with van der Waals surface area (Å²) in [6.07, 6.45) is -1.23. The number of aromatic nitrogens is 3. The first-order valence-corrected chi connectivity index (χ1v) is 9.08. The van der Waals surface area contributed by atoms with Gasteiger partial charge in [0.25, 0.3) is 0 Å². The van der Waals surface area contributed by atoms with E-state index in [0.717, 1.165) is 28.9 Å². The quantitative estimate of drug-likeness (QED) is 0.286. The van der Waals surface area contributed by atoms with Crippen molar-refractivity contribution in [3.05, 3.63) is 77.9 Å². The van der Waals surface area contributed by atoms with Crippen molar-refractivity contribution in [2.45, 2.75) is 26.2 Å². The molecule has 160 valence electrons. The van der Waals surface area contributed by atoms with Crippen LogP contribution in [-0.2, 0) is 19.3 Å². The molecule has 3 rings (SSSR count). The minimum atomic E-state index is -4.33. The van der Waals surface area contributed by atoms with E-state index in [4.69, 9.17) is 0 Å². The zero-order valence-corrected chi connectivity index (χ0v) is 18.6. The first-order valence-electron chi connectivity index (χ1n) is 9.08. The van der Waals surface area contributed by atoms with Crippen LogP contribution >= 0.6 is 24.0 Å². The molecular weight excluding hydrogens is 508 g/mol. The van der Waals surface area contributed by atoms with Gasteiger partial charge in [-0.15, -0.1) is 24.0 Å². The van der Waals surface area contributed by atoms with Crippen molar-refractivity contribution in [2.24, 2.45) is 4.99 Å². The second-order valence-electron chi connectivity index (χ2n) is 6.25. The van der Waals surface area contributed by atoms with Crippen LogP contribution in [-0.4, -0.2) is 27.3 Å². The van der Waals surface area contributed by atoms with Crippen LogP contribution in [0.2, 0.25) is 0 Å². The van der Waals surface area contributed by atoms with Crippen LogP contribution in [0.25, 0.3) is 5.69 Å². The predicted octanol–water partition coefficient (Wildman–Crippen LogP) is 4.16. The highest BCUT2D eigenvalue weighted by Gasteiger charge is 2.29. The van der Waals surface area contributed by atoms with Crippen LogP contribution in [0.5, 0.6) is 0 Å². The van der Waals surface area contributed by atoms with Crippen molar-refractivity contribution < 1.29 is 13.2 Å². The van der Waals surface area contributed by atoms with Gasteiger partial charge >= 0.3 is 6.18 Å².